The number of aryl methyl sites for hydroxylation is 2. The summed E-state index contributed by atoms with van der Waals surface area (Å²) in [6.45, 7) is 4.99. The number of piperidine rings is 1. The first-order chi connectivity index (χ1) is 18.1. The van der Waals surface area contributed by atoms with Crippen LogP contribution in [-0.4, -0.2) is 56.9 Å². The molecule has 2 amide bonds. The Morgan fingerprint density at radius 2 is 1.87 bits per heavy atom. The number of anilines is 2. The van der Waals surface area contributed by atoms with Crippen LogP contribution in [0.3, 0.4) is 0 Å². The maximum atomic E-state index is 13.9. The van der Waals surface area contributed by atoms with Gasteiger partial charge in [-0.2, -0.15) is 18.3 Å². The summed E-state index contributed by atoms with van der Waals surface area (Å²) in [6.07, 6.45) is 1.64. The first kappa shape index (κ1) is 25.8. The Balaban J connectivity index is 1.43. The Labute approximate surface area is 218 Å². The molecule has 38 heavy (non-hydrogen) atoms. The standard InChI is InChI=1S/C26H30F3N7O2/c1-16-7-11-31-24(38-4)22(16)34-12-8-18(9-13-34)36-17(2)19-14-33(3)32-23(19)35(25(36)37)15-21-20(26(27,28)29)6-5-10-30-21/h5-7,10-11,14,17-18H,8-9,12-13,15H2,1-4H3/t17-/m1/s1. The van der Waals surface area contributed by atoms with Gasteiger partial charge in [0.1, 0.15) is 5.69 Å². The third-order valence-corrected chi connectivity index (χ3v) is 7.37. The van der Waals surface area contributed by atoms with Crippen LogP contribution in [0.1, 0.15) is 48.2 Å². The molecule has 0 saturated carbocycles. The Kier molecular flexibility index (Phi) is 6.66. The minimum atomic E-state index is -4.58. The lowest BCUT2D eigenvalue weighted by atomic mass is 9.97. The number of carbonyl (C=O) groups excluding carboxylic acids is 1. The number of carbonyl (C=O) groups is 1. The zero-order chi connectivity index (χ0) is 27.2. The number of fused-ring (bicyclic) bond motifs is 1. The van der Waals surface area contributed by atoms with Crippen LogP contribution in [0.4, 0.5) is 29.5 Å². The average molecular weight is 530 g/mol. The number of rotatable bonds is 5. The van der Waals surface area contributed by atoms with E-state index in [0.29, 0.717) is 37.6 Å². The highest BCUT2D eigenvalue weighted by Crippen LogP contribution is 2.41. The number of halogens is 3. The van der Waals surface area contributed by atoms with E-state index in [2.05, 4.69) is 20.0 Å². The van der Waals surface area contributed by atoms with E-state index in [4.69, 9.17) is 4.74 Å². The number of nitrogens with zero attached hydrogens (tertiary/aromatic N) is 7. The van der Waals surface area contributed by atoms with Gasteiger partial charge in [0.25, 0.3) is 0 Å². The summed E-state index contributed by atoms with van der Waals surface area (Å²) in [4.78, 5) is 27.6. The number of alkyl halides is 3. The number of hydrogen-bond donors (Lipinski definition) is 0. The maximum Gasteiger partial charge on any atom is 0.418 e. The topological polar surface area (TPSA) is 79.6 Å². The average Bonchev–Trinajstić information content (AvgIpc) is 3.28. The largest absolute Gasteiger partial charge is 0.480 e. The number of amides is 2. The fourth-order valence-corrected chi connectivity index (χ4v) is 5.56. The van der Waals surface area contributed by atoms with Crippen molar-refractivity contribution in [3.8, 4) is 5.88 Å². The van der Waals surface area contributed by atoms with Crippen LogP contribution >= 0.6 is 0 Å². The molecular formula is C26H30F3N7O2. The number of ether oxygens (including phenoxy) is 1. The van der Waals surface area contributed by atoms with Gasteiger partial charge in [0.2, 0.25) is 5.88 Å². The van der Waals surface area contributed by atoms with Crippen molar-refractivity contribution < 1.29 is 22.7 Å². The summed E-state index contributed by atoms with van der Waals surface area (Å²) in [7, 11) is 3.33. The Hall–Kier alpha value is -3.83. The number of methoxy groups -OCH3 is 1. The highest BCUT2D eigenvalue weighted by atomic mass is 19.4. The highest BCUT2D eigenvalue weighted by molar-refractivity contribution is 5.94. The van der Waals surface area contributed by atoms with E-state index >= 15 is 0 Å². The van der Waals surface area contributed by atoms with Gasteiger partial charge in [-0.05, 0) is 50.5 Å². The summed E-state index contributed by atoms with van der Waals surface area (Å²) in [5, 5.41) is 4.44. The number of urea groups is 1. The van der Waals surface area contributed by atoms with Crippen molar-refractivity contribution in [1.29, 1.82) is 0 Å². The van der Waals surface area contributed by atoms with Crippen molar-refractivity contribution in [2.75, 3.05) is 30.0 Å². The number of hydrogen-bond acceptors (Lipinski definition) is 6. The van der Waals surface area contributed by atoms with Crippen molar-refractivity contribution in [1.82, 2.24) is 24.6 Å². The Morgan fingerprint density at radius 1 is 1.13 bits per heavy atom. The molecule has 0 spiro atoms. The molecule has 0 N–H and O–H groups in total. The van der Waals surface area contributed by atoms with Crippen molar-refractivity contribution >= 4 is 17.5 Å². The van der Waals surface area contributed by atoms with Crippen molar-refractivity contribution in [3.05, 3.63) is 59.2 Å². The molecule has 9 nitrogen and oxygen atoms in total. The van der Waals surface area contributed by atoms with E-state index in [9.17, 15) is 18.0 Å². The zero-order valence-electron chi connectivity index (χ0n) is 21.7. The van der Waals surface area contributed by atoms with Crippen LogP contribution in [-0.2, 0) is 19.8 Å². The molecule has 3 aromatic rings. The lowest BCUT2D eigenvalue weighted by molar-refractivity contribution is -0.138. The first-order valence-corrected chi connectivity index (χ1v) is 12.5. The van der Waals surface area contributed by atoms with Crippen LogP contribution in [0, 0.1) is 6.92 Å². The van der Waals surface area contributed by atoms with Crippen molar-refractivity contribution in [2.45, 2.75) is 51.5 Å². The summed E-state index contributed by atoms with van der Waals surface area (Å²) >= 11 is 0. The van der Waals surface area contributed by atoms with Gasteiger partial charge in [-0.25, -0.2) is 9.78 Å². The van der Waals surface area contributed by atoms with Crippen LogP contribution in [0.25, 0.3) is 0 Å². The van der Waals surface area contributed by atoms with Crippen molar-refractivity contribution in [2.24, 2.45) is 7.05 Å². The molecule has 0 aromatic carbocycles. The molecular weight excluding hydrogens is 499 g/mol. The molecule has 0 radical (unpaired) electrons. The summed E-state index contributed by atoms with van der Waals surface area (Å²) in [6, 6.07) is 3.43. The molecule has 12 heteroatoms. The monoisotopic (exact) mass is 529 g/mol. The van der Waals surface area contributed by atoms with E-state index in [-0.39, 0.29) is 30.4 Å². The van der Waals surface area contributed by atoms with Crippen molar-refractivity contribution in [3.63, 3.8) is 0 Å². The molecule has 1 fully saturated rings. The second kappa shape index (κ2) is 9.80. The summed E-state index contributed by atoms with van der Waals surface area (Å²) in [5.41, 5.74) is 1.72. The van der Waals surface area contributed by atoms with Gasteiger partial charge in [-0.3, -0.25) is 14.6 Å². The van der Waals surface area contributed by atoms with Crippen LogP contribution in [0.2, 0.25) is 0 Å². The molecule has 1 atom stereocenters. The minimum Gasteiger partial charge on any atom is -0.480 e. The molecule has 3 aromatic heterocycles. The lowest BCUT2D eigenvalue weighted by Crippen LogP contribution is -2.55. The lowest BCUT2D eigenvalue weighted by Gasteiger charge is -2.46. The summed E-state index contributed by atoms with van der Waals surface area (Å²) in [5.74, 6) is 0.932. The molecule has 1 saturated heterocycles. The highest BCUT2D eigenvalue weighted by Gasteiger charge is 2.43. The maximum absolute atomic E-state index is 13.9. The molecule has 5 heterocycles. The normalized spacial score (nSPS) is 18.7. The Bertz CT molecular complexity index is 1330. The molecule has 0 aliphatic carbocycles. The van der Waals surface area contributed by atoms with Gasteiger partial charge in [-0.1, -0.05) is 0 Å². The van der Waals surface area contributed by atoms with E-state index in [1.165, 1.54) is 17.2 Å². The van der Waals surface area contributed by atoms with Gasteiger partial charge < -0.3 is 14.5 Å². The fraction of sp³-hybridized carbons (Fsp3) is 0.462. The molecule has 2 aliphatic heterocycles. The molecule has 0 bridgehead atoms. The molecule has 5 rings (SSSR count). The second-order valence-electron chi connectivity index (χ2n) is 9.73. The zero-order valence-corrected chi connectivity index (χ0v) is 21.7. The molecule has 0 unspecified atom stereocenters. The van der Waals surface area contributed by atoms with E-state index in [1.807, 2.05) is 26.1 Å². The predicted octanol–water partition coefficient (Wildman–Crippen LogP) is 4.72. The van der Waals surface area contributed by atoms with Gasteiger partial charge >= 0.3 is 12.2 Å². The Morgan fingerprint density at radius 3 is 2.55 bits per heavy atom. The number of aromatic nitrogens is 4. The predicted molar refractivity (Wildman–Crippen MR) is 135 cm³/mol. The van der Waals surface area contributed by atoms with E-state index in [1.54, 1.807) is 29.9 Å². The smallest absolute Gasteiger partial charge is 0.418 e. The fourth-order valence-electron chi connectivity index (χ4n) is 5.56. The van der Waals surface area contributed by atoms with Gasteiger partial charge in [0, 0.05) is 50.3 Å². The van der Waals surface area contributed by atoms with E-state index < -0.39 is 11.7 Å². The second-order valence-corrected chi connectivity index (χ2v) is 9.73. The minimum absolute atomic E-state index is 0.0987. The molecule has 202 valence electrons. The van der Waals surface area contributed by atoms with Crippen LogP contribution in [0.5, 0.6) is 5.88 Å². The van der Waals surface area contributed by atoms with Gasteiger partial charge in [-0.15, -0.1) is 0 Å². The third-order valence-electron chi connectivity index (χ3n) is 7.37. The SMILES string of the molecule is COc1nccc(C)c1N1CCC(N2C(=O)N(Cc3ncccc3C(F)(F)F)c3nn(C)cc3[C@H]2C)CC1. The van der Waals surface area contributed by atoms with Gasteiger partial charge in [0.05, 0.1) is 31.0 Å². The van der Waals surface area contributed by atoms with E-state index in [0.717, 1.165) is 22.9 Å². The third kappa shape index (κ3) is 4.52. The van der Waals surface area contributed by atoms with Crippen LogP contribution in [0.15, 0.2) is 36.8 Å². The molecule has 2 aliphatic rings. The van der Waals surface area contributed by atoms with Gasteiger partial charge in [0.15, 0.2) is 5.82 Å². The summed E-state index contributed by atoms with van der Waals surface area (Å²) < 4.78 is 48.2. The first-order valence-electron chi connectivity index (χ1n) is 12.5. The number of pyridine rings is 2. The van der Waals surface area contributed by atoms with Crippen LogP contribution < -0.4 is 14.5 Å². The quantitative estimate of drug-likeness (QED) is 0.476.